The smallest absolute Gasteiger partial charge is 0.317 e. The molecule has 96 valence electrons. The van der Waals surface area contributed by atoms with Gasteiger partial charge in [0.1, 0.15) is 0 Å². The van der Waals surface area contributed by atoms with Gasteiger partial charge in [-0.05, 0) is 24.7 Å². The number of allylic oxidation sites excluding steroid dienone is 2. The highest BCUT2D eigenvalue weighted by Crippen LogP contribution is 2.24. The molecule has 0 aromatic rings. The zero-order valence-corrected chi connectivity index (χ0v) is 11.1. The fraction of sp³-hybridized carbons (Fsp3) is 0.714. The molecule has 0 aromatic heterocycles. The molecule has 2 atom stereocenters. The largest absolute Gasteiger partial charge is 0.393 e. The average molecular weight is 238 g/mol. The number of esters is 2. The van der Waals surface area contributed by atoms with E-state index in [9.17, 15) is 9.59 Å². The second-order valence-electron chi connectivity index (χ2n) is 5.38. The molecule has 0 fully saturated rings. The highest BCUT2D eigenvalue weighted by atomic mass is 16.6. The lowest BCUT2D eigenvalue weighted by atomic mass is 9.92. The van der Waals surface area contributed by atoms with Crippen molar-refractivity contribution in [2.24, 2.45) is 23.7 Å². The summed E-state index contributed by atoms with van der Waals surface area (Å²) >= 11 is 0. The van der Waals surface area contributed by atoms with E-state index in [-0.39, 0.29) is 35.6 Å². The Morgan fingerprint density at radius 1 is 0.941 bits per heavy atom. The third-order valence-corrected chi connectivity index (χ3v) is 3.36. The molecule has 1 rings (SSSR count). The summed E-state index contributed by atoms with van der Waals surface area (Å²) in [6.45, 7) is 7.90. The van der Waals surface area contributed by atoms with Crippen molar-refractivity contribution in [2.75, 3.05) is 0 Å². The van der Waals surface area contributed by atoms with Crippen LogP contribution in [0.15, 0.2) is 12.2 Å². The molecule has 0 N–H and O–H groups in total. The highest BCUT2D eigenvalue weighted by Gasteiger charge is 2.30. The Morgan fingerprint density at radius 2 is 1.29 bits per heavy atom. The lowest BCUT2D eigenvalue weighted by Gasteiger charge is -2.19. The van der Waals surface area contributed by atoms with Gasteiger partial charge in [-0.1, -0.05) is 39.8 Å². The van der Waals surface area contributed by atoms with Crippen molar-refractivity contribution >= 4 is 11.9 Å². The van der Waals surface area contributed by atoms with Crippen molar-refractivity contribution in [1.29, 1.82) is 0 Å². The molecular weight excluding hydrogens is 216 g/mol. The van der Waals surface area contributed by atoms with Gasteiger partial charge < -0.3 is 4.74 Å². The van der Waals surface area contributed by atoms with Crippen LogP contribution in [0.2, 0.25) is 0 Å². The van der Waals surface area contributed by atoms with Crippen LogP contribution in [0.5, 0.6) is 0 Å². The maximum Gasteiger partial charge on any atom is 0.317 e. The van der Waals surface area contributed by atoms with E-state index in [1.54, 1.807) is 0 Å². The molecule has 3 heteroatoms. The maximum absolute atomic E-state index is 11.9. The Balaban J connectivity index is 2.85. The number of hydrogen-bond acceptors (Lipinski definition) is 3. The molecule has 0 radical (unpaired) electrons. The fourth-order valence-electron chi connectivity index (χ4n) is 2.02. The summed E-state index contributed by atoms with van der Waals surface area (Å²) in [6, 6.07) is 0. The van der Waals surface area contributed by atoms with E-state index < -0.39 is 0 Å². The molecule has 0 spiro atoms. The minimum absolute atomic E-state index is 0.190. The normalized spacial score (nSPS) is 28.6. The predicted molar refractivity (Wildman–Crippen MR) is 66.1 cm³/mol. The minimum atomic E-state index is -0.373. The average Bonchev–Trinajstić information content (AvgIpc) is 2.26. The van der Waals surface area contributed by atoms with Crippen molar-refractivity contribution in [1.82, 2.24) is 0 Å². The van der Waals surface area contributed by atoms with E-state index in [1.165, 1.54) is 0 Å². The number of carbonyl (C=O) groups is 2. The third kappa shape index (κ3) is 3.69. The Bertz CT molecular complexity index is 285. The van der Waals surface area contributed by atoms with Crippen LogP contribution in [0.3, 0.4) is 0 Å². The number of hydrogen-bond donors (Lipinski definition) is 0. The molecule has 17 heavy (non-hydrogen) atoms. The van der Waals surface area contributed by atoms with Gasteiger partial charge in [0.2, 0.25) is 0 Å². The van der Waals surface area contributed by atoms with Gasteiger partial charge in [-0.3, -0.25) is 9.59 Å². The molecule has 0 unspecified atom stereocenters. The van der Waals surface area contributed by atoms with Crippen molar-refractivity contribution in [2.45, 2.75) is 40.5 Å². The second-order valence-corrected chi connectivity index (χ2v) is 5.38. The van der Waals surface area contributed by atoms with Gasteiger partial charge in [0.15, 0.2) is 0 Å². The van der Waals surface area contributed by atoms with Crippen molar-refractivity contribution < 1.29 is 14.3 Å². The van der Waals surface area contributed by atoms with Crippen LogP contribution in [-0.4, -0.2) is 11.9 Å². The van der Waals surface area contributed by atoms with Crippen molar-refractivity contribution in [3.8, 4) is 0 Å². The second kappa shape index (κ2) is 5.99. The van der Waals surface area contributed by atoms with Gasteiger partial charge in [0, 0.05) is 0 Å². The summed E-state index contributed by atoms with van der Waals surface area (Å²) in [5.41, 5.74) is 0. The molecule has 0 amide bonds. The zero-order valence-electron chi connectivity index (χ0n) is 11.1. The molecule has 0 bridgehead atoms. The Labute approximate surface area is 103 Å². The van der Waals surface area contributed by atoms with Gasteiger partial charge in [-0.2, -0.15) is 0 Å². The molecular formula is C14H22O3. The van der Waals surface area contributed by atoms with Crippen LogP contribution in [0, 0.1) is 23.7 Å². The Kier molecular flexibility index (Phi) is 4.91. The topological polar surface area (TPSA) is 43.4 Å². The summed E-state index contributed by atoms with van der Waals surface area (Å²) in [5.74, 6) is -0.780. The van der Waals surface area contributed by atoms with Crippen LogP contribution in [-0.2, 0) is 14.3 Å². The van der Waals surface area contributed by atoms with E-state index in [0.717, 1.165) is 0 Å². The summed E-state index contributed by atoms with van der Waals surface area (Å²) in [6.07, 6.45) is 5.32. The lowest BCUT2D eigenvalue weighted by molar-refractivity contribution is -0.167. The van der Waals surface area contributed by atoms with E-state index in [2.05, 4.69) is 0 Å². The number of rotatable bonds is 2. The minimum Gasteiger partial charge on any atom is -0.393 e. The number of ether oxygens (including phenoxy) is 1. The quantitative estimate of drug-likeness (QED) is 0.422. The first kappa shape index (κ1) is 13.9. The first-order valence-electron chi connectivity index (χ1n) is 6.34. The van der Waals surface area contributed by atoms with Crippen molar-refractivity contribution in [3.05, 3.63) is 12.2 Å². The van der Waals surface area contributed by atoms with E-state index >= 15 is 0 Å². The molecule has 0 saturated carbocycles. The highest BCUT2D eigenvalue weighted by molar-refractivity contribution is 5.88. The molecule has 1 aliphatic heterocycles. The van der Waals surface area contributed by atoms with Crippen molar-refractivity contribution in [3.63, 3.8) is 0 Å². The molecule has 0 aromatic carbocycles. The molecule has 3 nitrogen and oxygen atoms in total. The monoisotopic (exact) mass is 238 g/mol. The zero-order chi connectivity index (χ0) is 13.0. The standard InChI is InChI=1S/C14H22O3/c1-9(2)11-7-5-6-8-12(10(3)4)14(16)17-13(11)15/h5-6,9-12H,7-8H2,1-4H3/b6-5+/t11-,12-/m0/s1. The van der Waals surface area contributed by atoms with E-state index in [0.29, 0.717) is 12.8 Å². The van der Waals surface area contributed by atoms with Gasteiger partial charge in [-0.15, -0.1) is 0 Å². The fourth-order valence-corrected chi connectivity index (χ4v) is 2.02. The number of carbonyl (C=O) groups excluding carboxylic acids is 2. The maximum atomic E-state index is 11.9. The molecule has 1 heterocycles. The summed E-state index contributed by atoms with van der Waals surface area (Å²) in [5, 5.41) is 0. The van der Waals surface area contributed by atoms with Crippen LogP contribution in [0.4, 0.5) is 0 Å². The first-order valence-corrected chi connectivity index (χ1v) is 6.34. The number of cyclic esters (lactones) is 2. The van der Waals surface area contributed by atoms with Crippen LogP contribution in [0.1, 0.15) is 40.5 Å². The van der Waals surface area contributed by atoms with Gasteiger partial charge in [-0.25, -0.2) is 0 Å². The molecule has 0 saturated heterocycles. The van der Waals surface area contributed by atoms with Crippen LogP contribution < -0.4 is 0 Å². The lowest BCUT2D eigenvalue weighted by Crippen LogP contribution is -2.29. The van der Waals surface area contributed by atoms with Gasteiger partial charge in [0.25, 0.3) is 0 Å². The van der Waals surface area contributed by atoms with E-state index in [4.69, 9.17) is 4.74 Å². The van der Waals surface area contributed by atoms with E-state index in [1.807, 2.05) is 39.8 Å². The van der Waals surface area contributed by atoms with Gasteiger partial charge in [0.05, 0.1) is 11.8 Å². The Hall–Kier alpha value is -1.12. The summed E-state index contributed by atoms with van der Waals surface area (Å²) < 4.78 is 5.00. The predicted octanol–water partition coefficient (Wildman–Crippen LogP) is 2.95. The SMILES string of the molecule is CC(C)[C@@H]1C/C=C/C[C@@H](C(C)C)C(=O)OC1=O. The molecule has 1 aliphatic rings. The summed E-state index contributed by atoms with van der Waals surface area (Å²) in [7, 11) is 0. The molecule has 0 aliphatic carbocycles. The van der Waals surface area contributed by atoms with Gasteiger partial charge >= 0.3 is 11.9 Å². The van der Waals surface area contributed by atoms with Crippen LogP contribution >= 0.6 is 0 Å². The summed E-state index contributed by atoms with van der Waals surface area (Å²) in [4.78, 5) is 23.7. The first-order chi connectivity index (χ1) is 7.93. The van der Waals surface area contributed by atoms with Crippen LogP contribution in [0.25, 0.3) is 0 Å². The third-order valence-electron chi connectivity index (χ3n) is 3.36. The Morgan fingerprint density at radius 3 is 1.59 bits per heavy atom.